The van der Waals surface area contributed by atoms with Gasteiger partial charge in [0.25, 0.3) is 0 Å². The molecule has 94 valence electrons. The van der Waals surface area contributed by atoms with Crippen molar-refractivity contribution in [2.75, 3.05) is 0 Å². The highest BCUT2D eigenvalue weighted by atomic mass is 16.1. The maximum atomic E-state index is 11.0. The molecule has 4 nitrogen and oxygen atoms in total. The van der Waals surface area contributed by atoms with E-state index >= 15 is 0 Å². The van der Waals surface area contributed by atoms with Crippen LogP contribution in [-0.2, 0) is 6.54 Å². The number of aromatic nitrogens is 2. The van der Waals surface area contributed by atoms with Crippen molar-refractivity contribution < 1.29 is 4.79 Å². The number of nitrogens with two attached hydrogens (primary N) is 1. The molecule has 19 heavy (non-hydrogen) atoms. The molecule has 0 aliphatic heterocycles. The van der Waals surface area contributed by atoms with Gasteiger partial charge in [-0.15, -0.1) is 0 Å². The van der Waals surface area contributed by atoms with Gasteiger partial charge in [0.05, 0.1) is 18.3 Å². The molecule has 2 N–H and O–H groups in total. The number of amides is 1. The van der Waals surface area contributed by atoms with Crippen LogP contribution < -0.4 is 5.73 Å². The number of benzene rings is 2. The van der Waals surface area contributed by atoms with Crippen molar-refractivity contribution in [1.82, 2.24) is 9.78 Å². The number of carbonyl (C=O) groups is 1. The molecular formula is C15H13N3O. The topological polar surface area (TPSA) is 60.9 Å². The Bertz CT molecular complexity index is 728. The molecule has 2 aromatic carbocycles. The summed E-state index contributed by atoms with van der Waals surface area (Å²) in [6, 6.07) is 15.3. The second-order valence-electron chi connectivity index (χ2n) is 4.42. The molecule has 1 amide bonds. The van der Waals surface area contributed by atoms with E-state index in [2.05, 4.69) is 5.10 Å². The number of rotatable bonds is 3. The lowest BCUT2D eigenvalue weighted by Crippen LogP contribution is -2.10. The normalized spacial score (nSPS) is 10.7. The van der Waals surface area contributed by atoms with Gasteiger partial charge in [-0.1, -0.05) is 30.3 Å². The molecule has 0 radical (unpaired) electrons. The van der Waals surface area contributed by atoms with Crippen LogP contribution in [0.3, 0.4) is 0 Å². The van der Waals surface area contributed by atoms with Crippen LogP contribution in [-0.4, -0.2) is 15.7 Å². The molecule has 0 unspecified atom stereocenters. The minimum atomic E-state index is -0.406. The number of hydrogen-bond acceptors (Lipinski definition) is 2. The van der Waals surface area contributed by atoms with Crippen molar-refractivity contribution in [1.29, 1.82) is 0 Å². The van der Waals surface area contributed by atoms with Crippen molar-refractivity contribution in [2.24, 2.45) is 5.73 Å². The van der Waals surface area contributed by atoms with Gasteiger partial charge in [-0.05, 0) is 23.8 Å². The average Bonchev–Trinajstić information content (AvgIpc) is 2.83. The summed E-state index contributed by atoms with van der Waals surface area (Å²) in [6.45, 7) is 0.673. The summed E-state index contributed by atoms with van der Waals surface area (Å²) in [7, 11) is 0. The molecule has 0 aliphatic carbocycles. The third-order valence-electron chi connectivity index (χ3n) is 3.12. The summed E-state index contributed by atoms with van der Waals surface area (Å²) in [5.41, 5.74) is 7.92. The largest absolute Gasteiger partial charge is 0.366 e. The quantitative estimate of drug-likeness (QED) is 0.775. The molecule has 0 fully saturated rings. The Morgan fingerprint density at radius 3 is 2.58 bits per heavy atom. The first-order chi connectivity index (χ1) is 9.24. The lowest BCUT2D eigenvalue weighted by molar-refractivity contribution is 0.100. The van der Waals surface area contributed by atoms with Gasteiger partial charge in [-0.3, -0.25) is 9.48 Å². The van der Waals surface area contributed by atoms with Gasteiger partial charge in [0.1, 0.15) is 0 Å². The van der Waals surface area contributed by atoms with E-state index in [1.165, 1.54) is 0 Å². The highest BCUT2D eigenvalue weighted by Gasteiger charge is 2.04. The Balaban J connectivity index is 1.90. The third-order valence-corrected chi connectivity index (χ3v) is 3.12. The zero-order chi connectivity index (χ0) is 13.2. The molecule has 3 aromatic rings. The van der Waals surface area contributed by atoms with Crippen LogP contribution in [0, 0.1) is 0 Å². The maximum absolute atomic E-state index is 11.0. The lowest BCUT2D eigenvalue weighted by atomic mass is 10.1. The molecular weight excluding hydrogens is 238 g/mol. The standard InChI is InChI=1S/C15H13N3O/c16-15(19)12-7-5-11(6-8-12)10-18-14-4-2-1-3-13(14)9-17-18/h1-9H,10H2,(H2,16,19). The van der Waals surface area contributed by atoms with E-state index in [0.29, 0.717) is 12.1 Å². The van der Waals surface area contributed by atoms with Gasteiger partial charge in [0.2, 0.25) is 5.91 Å². The average molecular weight is 251 g/mol. The van der Waals surface area contributed by atoms with E-state index < -0.39 is 5.91 Å². The predicted molar refractivity (Wildman–Crippen MR) is 73.8 cm³/mol. The zero-order valence-corrected chi connectivity index (χ0v) is 10.3. The van der Waals surface area contributed by atoms with Crippen LogP contribution >= 0.6 is 0 Å². The highest BCUT2D eigenvalue weighted by Crippen LogP contribution is 2.14. The molecule has 0 spiro atoms. The van der Waals surface area contributed by atoms with E-state index in [-0.39, 0.29) is 0 Å². The van der Waals surface area contributed by atoms with Crippen LogP contribution in [0.5, 0.6) is 0 Å². The van der Waals surface area contributed by atoms with E-state index in [9.17, 15) is 4.79 Å². The van der Waals surface area contributed by atoms with E-state index in [4.69, 9.17) is 5.73 Å². The van der Waals surface area contributed by atoms with Crippen molar-refractivity contribution in [2.45, 2.75) is 6.54 Å². The molecule has 3 rings (SSSR count). The monoisotopic (exact) mass is 251 g/mol. The summed E-state index contributed by atoms with van der Waals surface area (Å²) >= 11 is 0. The first-order valence-corrected chi connectivity index (χ1v) is 6.03. The molecule has 0 saturated heterocycles. The number of hydrogen-bond donors (Lipinski definition) is 1. The molecule has 1 aromatic heterocycles. The smallest absolute Gasteiger partial charge is 0.248 e. The maximum Gasteiger partial charge on any atom is 0.248 e. The predicted octanol–water partition coefficient (Wildman–Crippen LogP) is 2.18. The van der Waals surface area contributed by atoms with E-state index in [1.54, 1.807) is 12.1 Å². The fourth-order valence-corrected chi connectivity index (χ4v) is 2.10. The molecule has 0 atom stereocenters. The SMILES string of the molecule is NC(=O)c1ccc(Cn2ncc3ccccc32)cc1. The molecule has 0 bridgehead atoms. The van der Waals surface area contributed by atoms with E-state index in [1.807, 2.05) is 47.3 Å². The van der Waals surface area contributed by atoms with Crippen LogP contribution in [0.25, 0.3) is 10.9 Å². The van der Waals surface area contributed by atoms with Crippen molar-refractivity contribution in [3.05, 3.63) is 65.9 Å². The fourth-order valence-electron chi connectivity index (χ4n) is 2.10. The molecule has 1 heterocycles. The summed E-state index contributed by atoms with van der Waals surface area (Å²) < 4.78 is 1.94. The number of carbonyl (C=O) groups excluding carboxylic acids is 1. The molecule has 4 heteroatoms. The minimum Gasteiger partial charge on any atom is -0.366 e. The van der Waals surface area contributed by atoms with Gasteiger partial charge in [-0.25, -0.2) is 0 Å². The number of fused-ring (bicyclic) bond motifs is 1. The van der Waals surface area contributed by atoms with Crippen molar-refractivity contribution in [3.63, 3.8) is 0 Å². The summed E-state index contributed by atoms with van der Waals surface area (Å²) in [5.74, 6) is -0.406. The minimum absolute atomic E-state index is 0.406. The summed E-state index contributed by atoms with van der Waals surface area (Å²) in [4.78, 5) is 11.0. The number of primary amides is 1. The van der Waals surface area contributed by atoms with Gasteiger partial charge < -0.3 is 5.73 Å². The first kappa shape index (κ1) is 11.5. The van der Waals surface area contributed by atoms with Gasteiger partial charge in [0, 0.05) is 10.9 Å². The highest BCUT2D eigenvalue weighted by molar-refractivity contribution is 5.92. The summed E-state index contributed by atoms with van der Waals surface area (Å²) in [6.07, 6.45) is 1.85. The van der Waals surface area contributed by atoms with Gasteiger partial charge in [-0.2, -0.15) is 5.10 Å². The second kappa shape index (κ2) is 4.57. The van der Waals surface area contributed by atoms with Gasteiger partial charge >= 0.3 is 0 Å². The van der Waals surface area contributed by atoms with Crippen molar-refractivity contribution >= 4 is 16.8 Å². The van der Waals surface area contributed by atoms with Crippen LogP contribution in [0.2, 0.25) is 0 Å². The molecule has 0 aliphatic rings. The Labute approximate surface area is 110 Å². The second-order valence-corrected chi connectivity index (χ2v) is 4.42. The van der Waals surface area contributed by atoms with Crippen LogP contribution in [0.15, 0.2) is 54.7 Å². The Morgan fingerprint density at radius 1 is 1.11 bits per heavy atom. The Morgan fingerprint density at radius 2 is 1.84 bits per heavy atom. The van der Waals surface area contributed by atoms with Crippen LogP contribution in [0.4, 0.5) is 0 Å². The zero-order valence-electron chi connectivity index (χ0n) is 10.3. The van der Waals surface area contributed by atoms with Gasteiger partial charge in [0.15, 0.2) is 0 Å². The molecule has 0 saturated carbocycles. The summed E-state index contributed by atoms with van der Waals surface area (Å²) in [5, 5.41) is 5.49. The lowest BCUT2D eigenvalue weighted by Gasteiger charge is -2.04. The van der Waals surface area contributed by atoms with Crippen molar-refractivity contribution in [3.8, 4) is 0 Å². The fraction of sp³-hybridized carbons (Fsp3) is 0.0667. The van der Waals surface area contributed by atoms with E-state index in [0.717, 1.165) is 16.5 Å². The first-order valence-electron chi connectivity index (χ1n) is 6.03. The number of nitrogens with zero attached hydrogens (tertiary/aromatic N) is 2. The third kappa shape index (κ3) is 2.20. The Kier molecular flexibility index (Phi) is 2.76. The number of para-hydroxylation sites is 1. The van der Waals surface area contributed by atoms with Crippen LogP contribution in [0.1, 0.15) is 15.9 Å². The Hall–Kier alpha value is -2.62.